The van der Waals surface area contributed by atoms with E-state index in [1.54, 1.807) is 13.8 Å². The maximum Gasteiger partial charge on any atom is 0.270 e. The topological polar surface area (TPSA) is 52.4 Å². The van der Waals surface area contributed by atoms with Gasteiger partial charge in [-0.15, -0.1) is 0 Å². The summed E-state index contributed by atoms with van der Waals surface area (Å²) in [6.07, 6.45) is 0. The van der Waals surface area contributed by atoms with E-state index in [-0.39, 0.29) is 5.69 Å². The van der Waals surface area contributed by atoms with Crippen LogP contribution in [0.5, 0.6) is 11.5 Å². The van der Waals surface area contributed by atoms with Crippen LogP contribution in [0.4, 0.5) is 5.69 Å². The van der Waals surface area contributed by atoms with Crippen LogP contribution in [-0.4, -0.2) is 4.92 Å². The van der Waals surface area contributed by atoms with Crippen molar-refractivity contribution in [3.8, 4) is 11.5 Å². The molecule has 0 saturated heterocycles. The summed E-state index contributed by atoms with van der Waals surface area (Å²) in [4.78, 5) is 10.4. The molecule has 0 aliphatic heterocycles. The van der Waals surface area contributed by atoms with Gasteiger partial charge >= 0.3 is 0 Å². The van der Waals surface area contributed by atoms with Crippen LogP contribution in [0.15, 0.2) is 40.9 Å². The highest BCUT2D eigenvalue weighted by molar-refractivity contribution is 9.10. The van der Waals surface area contributed by atoms with Crippen molar-refractivity contribution in [1.82, 2.24) is 0 Å². The number of nitro benzene ring substituents is 1. The smallest absolute Gasteiger partial charge is 0.270 e. The summed E-state index contributed by atoms with van der Waals surface area (Å²) in [7, 11) is 0. The number of nitro groups is 1. The Morgan fingerprint density at radius 1 is 1.16 bits per heavy atom. The standard InChI is InChI=1S/C14H12BrNO3/c1-9-7-11(16(17)18)8-10(2)14(9)19-13-6-4-3-5-12(13)15/h3-8H,1-2H3. The molecule has 0 aliphatic rings. The molecular weight excluding hydrogens is 310 g/mol. The van der Waals surface area contributed by atoms with E-state index in [0.717, 1.165) is 15.6 Å². The highest BCUT2D eigenvalue weighted by atomic mass is 79.9. The van der Waals surface area contributed by atoms with Gasteiger partial charge in [-0.05, 0) is 53.0 Å². The fourth-order valence-corrected chi connectivity index (χ4v) is 2.20. The Bertz CT molecular complexity index is 617. The second-order valence-corrected chi connectivity index (χ2v) is 5.05. The molecule has 0 spiro atoms. The molecule has 5 heteroatoms. The van der Waals surface area contributed by atoms with Crippen molar-refractivity contribution in [2.75, 3.05) is 0 Å². The quantitative estimate of drug-likeness (QED) is 0.604. The van der Waals surface area contributed by atoms with Crippen LogP contribution in [-0.2, 0) is 0 Å². The minimum Gasteiger partial charge on any atom is -0.456 e. The van der Waals surface area contributed by atoms with Gasteiger partial charge < -0.3 is 4.74 Å². The van der Waals surface area contributed by atoms with Gasteiger partial charge in [-0.2, -0.15) is 0 Å². The van der Waals surface area contributed by atoms with Gasteiger partial charge in [0.15, 0.2) is 0 Å². The fourth-order valence-electron chi connectivity index (χ4n) is 1.83. The third-order valence-corrected chi connectivity index (χ3v) is 3.36. The third-order valence-electron chi connectivity index (χ3n) is 2.70. The van der Waals surface area contributed by atoms with E-state index in [9.17, 15) is 10.1 Å². The van der Waals surface area contributed by atoms with Crippen LogP contribution in [0.25, 0.3) is 0 Å². The molecule has 2 aromatic rings. The highest BCUT2D eigenvalue weighted by Gasteiger charge is 2.14. The maximum absolute atomic E-state index is 10.8. The molecule has 0 unspecified atom stereocenters. The number of halogens is 1. The third kappa shape index (κ3) is 2.93. The molecule has 2 rings (SSSR count). The first-order chi connectivity index (χ1) is 8.99. The van der Waals surface area contributed by atoms with E-state index in [0.29, 0.717) is 11.5 Å². The summed E-state index contributed by atoms with van der Waals surface area (Å²) in [6.45, 7) is 3.60. The lowest BCUT2D eigenvalue weighted by molar-refractivity contribution is -0.385. The number of hydrogen-bond acceptors (Lipinski definition) is 3. The first-order valence-electron chi connectivity index (χ1n) is 5.67. The average molecular weight is 322 g/mol. The Balaban J connectivity index is 2.42. The van der Waals surface area contributed by atoms with Crippen LogP contribution >= 0.6 is 15.9 Å². The van der Waals surface area contributed by atoms with Crippen molar-refractivity contribution in [3.05, 3.63) is 62.1 Å². The molecule has 0 aliphatic carbocycles. The first-order valence-corrected chi connectivity index (χ1v) is 6.46. The summed E-state index contributed by atoms with van der Waals surface area (Å²) in [6, 6.07) is 10.5. The summed E-state index contributed by atoms with van der Waals surface area (Å²) in [5.41, 5.74) is 1.55. The van der Waals surface area contributed by atoms with Crippen LogP contribution in [0.1, 0.15) is 11.1 Å². The van der Waals surface area contributed by atoms with E-state index in [4.69, 9.17) is 4.74 Å². The normalized spacial score (nSPS) is 10.3. The van der Waals surface area contributed by atoms with Gasteiger partial charge in [0, 0.05) is 12.1 Å². The largest absolute Gasteiger partial charge is 0.456 e. The molecule has 0 N–H and O–H groups in total. The lowest BCUT2D eigenvalue weighted by atomic mass is 10.1. The predicted molar refractivity (Wildman–Crippen MR) is 76.8 cm³/mol. The van der Waals surface area contributed by atoms with Crippen molar-refractivity contribution in [3.63, 3.8) is 0 Å². The number of non-ortho nitro benzene ring substituents is 1. The number of rotatable bonds is 3. The molecule has 0 fully saturated rings. The minimum absolute atomic E-state index is 0.0782. The monoisotopic (exact) mass is 321 g/mol. The van der Waals surface area contributed by atoms with Crippen molar-refractivity contribution < 1.29 is 9.66 Å². The summed E-state index contributed by atoms with van der Waals surface area (Å²) >= 11 is 3.41. The molecule has 0 heterocycles. The zero-order valence-corrected chi connectivity index (χ0v) is 12.1. The van der Waals surface area contributed by atoms with Crippen LogP contribution < -0.4 is 4.74 Å². The van der Waals surface area contributed by atoms with E-state index in [1.807, 2.05) is 24.3 Å². The summed E-state index contributed by atoms with van der Waals surface area (Å²) in [5, 5.41) is 10.8. The van der Waals surface area contributed by atoms with Gasteiger partial charge in [0.25, 0.3) is 5.69 Å². The average Bonchev–Trinajstić information content (AvgIpc) is 2.35. The van der Waals surface area contributed by atoms with Crippen molar-refractivity contribution >= 4 is 21.6 Å². The molecule has 4 nitrogen and oxygen atoms in total. The second kappa shape index (κ2) is 5.40. The minimum atomic E-state index is -0.401. The lowest BCUT2D eigenvalue weighted by Crippen LogP contribution is -1.95. The molecule has 0 atom stereocenters. The number of ether oxygens (including phenoxy) is 1. The molecule has 19 heavy (non-hydrogen) atoms. The van der Waals surface area contributed by atoms with Gasteiger partial charge in [-0.25, -0.2) is 0 Å². The Hall–Kier alpha value is -1.88. The molecule has 98 valence electrons. The van der Waals surface area contributed by atoms with E-state index in [2.05, 4.69) is 15.9 Å². The molecule has 0 bridgehead atoms. The van der Waals surface area contributed by atoms with Crippen molar-refractivity contribution in [2.45, 2.75) is 13.8 Å². The molecule has 0 amide bonds. The molecule has 0 aromatic heterocycles. The van der Waals surface area contributed by atoms with Gasteiger partial charge in [0.1, 0.15) is 11.5 Å². The van der Waals surface area contributed by atoms with Gasteiger partial charge in [0.05, 0.1) is 9.40 Å². The van der Waals surface area contributed by atoms with Crippen LogP contribution in [0.2, 0.25) is 0 Å². The summed E-state index contributed by atoms with van der Waals surface area (Å²) < 4.78 is 6.68. The van der Waals surface area contributed by atoms with E-state index >= 15 is 0 Å². The Morgan fingerprint density at radius 3 is 2.26 bits per heavy atom. The number of aryl methyl sites for hydroxylation is 2. The number of hydrogen-bond donors (Lipinski definition) is 0. The summed E-state index contributed by atoms with van der Waals surface area (Å²) in [5.74, 6) is 1.33. The second-order valence-electron chi connectivity index (χ2n) is 4.20. The number of para-hydroxylation sites is 1. The zero-order valence-electron chi connectivity index (χ0n) is 10.5. The van der Waals surface area contributed by atoms with Crippen LogP contribution in [0.3, 0.4) is 0 Å². The fraction of sp³-hybridized carbons (Fsp3) is 0.143. The Kier molecular flexibility index (Phi) is 3.85. The first kappa shape index (κ1) is 13.5. The Labute approximate surface area is 119 Å². The van der Waals surface area contributed by atoms with E-state index in [1.165, 1.54) is 12.1 Å². The van der Waals surface area contributed by atoms with Gasteiger partial charge in [0.2, 0.25) is 0 Å². The maximum atomic E-state index is 10.8. The van der Waals surface area contributed by atoms with Crippen LogP contribution in [0, 0.1) is 24.0 Å². The van der Waals surface area contributed by atoms with Crippen molar-refractivity contribution in [2.24, 2.45) is 0 Å². The number of nitrogens with zero attached hydrogens (tertiary/aromatic N) is 1. The molecule has 2 aromatic carbocycles. The zero-order chi connectivity index (χ0) is 14.0. The predicted octanol–water partition coefficient (Wildman–Crippen LogP) is 4.77. The highest BCUT2D eigenvalue weighted by Crippen LogP contribution is 2.35. The Morgan fingerprint density at radius 2 is 1.74 bits per heavy atom. The van der Waals surface area contributed by atoms with Gasteiger partial charge in [-0.1, -0.05) is 12.1 Å². The lowest BCUT2D eigenvalue weighted by Gasteiger charge is -2.12. The van der Waals surface area contributed by atoms with Gasteiger partial charge in [-0.3, -0.25) is 10.1 Å². The molecule has 0 saturated carbocycles. The van der Waals surface area contributed by atoms with E-state index < -0.39 is 4.92 Å². The molecular formula is C14H12BrNO3. The number of benzene rings is 2. The molecule has 0 radical (unpaired) electrons. The SMILES string of the molecule is Cc1cc([N+](=O)[O-])cc(C)c1Oc1ccccc1Br. The van der Waals surface area contributed by atoms with Crippen molar-refractivity contribution in [1.29, 1.82) is 0 Å².